The Bertz CT molecular complexity index is 483. The highest BCUT2D eigenvalue weighted by molar-refractivity contribution is 5.52. The van der Waals surface area contributed by atoms with Gasteiger partial charge in [-0.15, -0.1) is 0 Å². The molecule has 0 aliphatic carbocycles. The molecule has 1 aliphatic rings. The lowest BCUT2D eigenvalue weighted by atomic mass is 9.98. The second kappa shape index (κ2) is 8.31. The van der Waals surface area contributed by atoms with E-state index >= 15 is 0 Å². The third-order valence-corrected chi connectivity index (χ3v) is 4.08. The number of piperazine rings is 1. The number of nitrogens with zero attached hydrogens (tertiary/aromatic N) is 1. The van der Waals surface area contributed by atoms with E-state index in [0.717, 1.165) is 13.1 Å². The number of hydrogen-bond acceptors (Lipinski definition) is 5. The maximum Gasteiger partial charge on any atom is 0.240 e. The lowest BCUT2D eigenvalue weighted by molar-refractivity contribution is 0.0718. The van der Waals surface area contributed by atoms with Crippen LogP contribution in [0.3, 0.4) is 0 Å². The van der Waals surface area contributed by atoms with Crippen LogP contribution in [0.15, 0.2) is 12.1 Å². The lowest BCUT2D eigenvalue weighted by Gasteiger charge is -2.36. The minimum absolute atomic E-state index is 0.265. The zero-order chi connectivity index (χ0) is 16.8. The van der Waals surface area contributed by atoms with Gasteiger partial charge in [-0.1, -0.05) is 0 Å². The minimum Gasteiger partial charge on any atom is -0.496 e. The molecule has 1 aromatic carbocycles. The van der Waals surface area contributed by atoms with E-state index in [0.29, 0.717) is 35.9 Å². The fourth-order valence-electron chi connectivity index (χ4n) is 2.97. The van der Waals surface area contributed by atoms with E-state index in [4.69, 9.17) is 14.2 Å². The molecule has 0 saturated carbocycles. The van der Waals surface area contributed by atoms with Crippen molar-refractivity contribution in [3.63, 3.8) is 0 Å². The Morgan fingerprint density at radius 1 is 1.04 bits per heavy atom. The summed E-state index contributed by atoms with van der Waals surface area (Å²) in [6.07, 6.45) is -2.68. The monoisotopic (exact) mass is 330 g/mol. The molecule has 1 aliphatic heterocycles. The number of hydrogen-bond donors (Lipinski definition) is 1. The zero-order valence-electron chi connectivity index (χ0n) is 13.8. The fourth-order valence-corrected chi connectivity index (χ4v) is 2.97. The predicted molar refractivity (Wildman–Crippen MR) is 83.9 cm³/mol. The van der Waals surface area contributed by atoms with E-state index in [-0.39, 0.29) is 6.42 Å². The Morgan fingerprint density at radius 2 is 1.61 bits per heavy atom. The van der Waals surface area contributed by atoms with Crippen molar-refractivity contribution < 1.29 is 23.0 Å². The summed E-state index contributed by atoms with van der Waals surface area (Å²) < 4.78 is 42.5. The Balaban J connectivity index is 2.46. The van der Waals surface area contributed by atoms with Gasteiger partial charge in [0, 0.05) is 50.8 Å². The van der Waals surface area contributed by atoms with E-state index in [9.17, 15) is 8.78 Å². The molecule has 1 fully saturated rings. The largest absolute Gasteiger partial charge is 0.496 e. The predicted octanol–water partition coefficient (Wildman–Crippen LogP) is 2.31. The Morgan fingerprint density at radius 3 is 2.04 bits per heavy atom. The summed E-state index contributed by atoms with van der Waals surface area (Å²) in [5, 5.41) is 3.24. The molecular formula is C16H24F2N2O3. The molecular weight excluding hydrogens is 306 g/mol. The van der Waals surface area contributed by atoms with Crippen LogP contribution in [-0.2, 0) is 0 Å². The van der Waals surface area contributed by atoms with Gasteiger partial charge in [-0.25, -0.2) is 8.78 Å². The minimum atomic E-state index is -2.41. The van der Waals surface area contributed by atoms with Crippen LogP contribution >= 0.6 is 0 Å². The van der Waals surface area contributed by atoms with Crippen LogP contribution in [0, 0.1) is 0 Å². The molecule has 0 unspecified atom stereocenters. The summed E-state index contributed by atoms with van der Waals surface area (Å²) >= 11 is 0. The third-order valence-electron chi connectivity index (χ3n) is 4.08. The highest BCUT2D eigenvalue weighted by Gasteiger charge is 2.31. The van der Waals surface area contributed by atoms with Crippen molar-refractivity contribution in [1.29, 1.82) is 0 Å². The molecule has 1 N–H and O–H groups in total. The summed E-state index contributed by atoms with van der Waals surface area (Å²) in [7, 11) is 4.59. The molecule has 1 saturated heterocycles. The summed E-state index contributed by atoms with van der Waals surface area (Å²) in [5.41, 5.74) is 0.651. The maximum absolute atomic E-state index is 13.2. The highest BCUT2D eigenvalue weighted by Crippen LogP contribution is 2.42. The van der Waals surface area contributed by atoms with Gasteiger partial charge in [0.15, 0.2) is 0 Å². The lowest BCUT2D eigenvalue weighted by Crippen LogP contribution is -2.45. The Hall–Kier alpha value is -1.60. The smallest absolute Gasteiger partial charge is 0.240 e. The van der Waals surface area contributed by atoms with Crippen molar-refractivity contribution in [2.24, 2.45) is 0 Å². The van der Waals surface area contributed by atoms with Gasteiger partial charge in [0.1, 0.15) is 17.2 Å². The summed E-state index contributed by atoms with van der Waals surface area (Å²) in [6, 6.07) is 2.95. The molecule has 0 aromatic heterocycles. The molecule has 2 rings (SSSR count). The van der Waals surface area contributed by atoms with E-state index in [1.165, 1.54) is 14.2 Å². The van der Waals surface area contributed by atoms with Gasteiger partial charge in [0.2, 0.25) is 6.43 Å². The van der Waals surface area contributed by atoms with Gasteiger partial charge in [0.25, 0.3) is 0 Å². The van der Waals surface area contributed by atoms with Crippen LogP contribution in [0.5, 0.6) is 17.2 Å². The maximum atomic E-state index is 13.2. The first kappa shape index (κ1) is 17.7. The molecule has 130 valence electrons. The quantitative estimate of drug-likeness (QED) is 0.831. The molecule has 0 amide bonds. The van der Waals surface area contributed by atoms with Crippen molar-refractivity contribution in [3.8, 4) is 17.2 Å². The van der Waals surface area contributed by atoms with Gasteiger partial charge >= 0.3 is 0 Å². The van der Waals surface area contributed by atoms with Crippen molar-refractivity contribution in [1.82, 2.24) is 10.2 Å². The summed E-state index contributed by atoms with van der Waals surface area (Å²) in [6.45, 7) is 2.96. The van der Waals surface area contributed by atoms with Gasteiger partial charge in [-0.3, -0.25) is 4.90 Å². The fraction of sp³-hybridized carbons (Fsp3) is 0.625. The molecule has 0 bridgehead atoms. The topological polar surface area (TPSA) is 43.0 Å². The van der Waals surface area contributed by atoms with Crippen molar-refractivity contribution >= 4 is 0 Å². The summed E-state index contributed by atoms with van der Waals surface area (Å²) in [5.74, 6) is 1.58. The molecule has 0 radical (unpaired) electrons. The average molecular weight is 330 g/mol. The molecule has 1 aromatic rings. The SMILES string of the molecule is COc1cc(OC)c([C@@H](CC(F)F)N2CCNCC2)c(OC)c1. The molecule has 0 spiro atoms. The van der Waals surface area contributed by atoms with Crippen LogP contribution in [0.4, 0.5) is 8.78 Å². The zero-order valence-corrected chi connectivity index (χ0v) is 13.8. The number of rotatable bonds is 7. The first-order valence-corrected chi connectivity index (χ1v) is 7.63. The van der Waals surface area contributed by atoms with Gasteiger partial charge in [0.05, 0.1) is 26.9 Å². The molecule has 5 nitrogen and oxygen atoms in total. The normalized spacial score (nSPS) is 17.1. The molecule has 1 atom stereocenters. The summed E-state index contributed by atoms with van der Waals surface area (Å²) in [4.78, 5) is 2.05. The van der Waals surface area contributed by atoms with Gasteiger partial charge < -0.3 is 19.5 Å². The number of nitrogens with one attached hydrogen (secondary N) is 1. The van der Waals surface area contributed by atoms with Crippen LogP contribution < -0.4 is 19.5 Å². The second-order valence-electron chi connectivity index (χ2n) is 5.37. The van der Waals surface area contributed by atoms with E-state index in [2.05, 4.69) is 10.2 Å². The second-order valence-corrected chi connectivity index (χ2v) is 5.37. The van der Waals surface area contributed by atoms with Crippen molar-refractivity contribution in [2.45, 2.75) is 18.9 Å². The van der Waals surface area contributed by atoms with Crippen LogP contribution in [0.1, 0.15) is 18.0 Å². The van der Waals surface area contributed by atoms with Crippen molar-refractivity contribution in [3.05, 3.63) is 17.7 Å². The number of halogens is 2. The highest BCUT2D eigenvalue weighted by atomic mass is 19.3. The first-order chi connectivity index (χ1) is 11.1. The Kier molecular flexibility index (Phi) is 6.41. The van der Waals surface area contributed by atoms with E-state index in [1.54, 1.807) is 19.2 Å². The van der Waals surface area contributed by atoms with Crippen LogP contribution in [-0.4, -0.2) is 58.8 Å². The number of alkyl halides is 2. The van der Waals surface area contributed by atoms with Crippen LogP contribution in [0.25, 0.3) is 0 Å². The first-order valence-electron chi connectivity index (χ1n) is 7.63. The van der Waals surface area contributed by atoms with Gasteiger partial charge in [-0.2, -0.15) is 0 Å². The number of benzene rings is 1. The molecule has 23 heavy (non-hydrogen) atoms. The molecule has 7 heteroatoms. The number of ether oxygens (including phenoxy) is 3. The average Bonchev–Trinajstić information content (AvgIpc) is 2.59. The number of methoxy groups -OCH3 is 3. The van der Waals surface area contributed by atoms with E-state index < -0.39 is 12.5 Å². The van der Waals surface area contributed by atoms with Crippen LogP contribution in [0.2, 0.25) is 0 Å². The van der Waals surface area contributed by atoms with E-state index in [1.807, 2.05) is 0 Å². The van der Waals surface area contributed by atoms with Gasteiger partial charge in [-0.05, 0) is 0 Å². The third kappa shape index (κ3) is 4.23. The Labute approximate surface area is 135 Å². The van der Waals surface area contributed by atoms with Crippen molar-refractivity contribution in [2.75, 3.05) is 47.5 Å². The standard InChI is InChI=1S/C16H24F2N2O3/c1-21-11-8-13(22-2)16(14(9-11)23-3)12(10-15(17)18)20-6-4-19-5-7-20/h8-9,12,15,19H,4-7,10H2,1-3H3/t12-/m1/s1. The molecule has 1 heterocycles.